The molecule has 0 aromatic heterocycles. The van der Waals surface area contributed by atoms with E-state index in [0.717, 1.165) is 5.56 Å². The second-order valence-electron chi connectivity index (χ2n) is 4.72. The average Bonchev–Trinajstić information content (AvgIpc) is 2.53. The van der Waals surface area contributed by atoms with Gasteiger partial charge in [0, 0.05) is 5.69 Å². The molecule has 114 valence electrons. The van der Waals surface area contributed by atoms with Crippen LogP contribution < -0.4 is 5.32 Å². The van der Waals surface area contributed by atoms with Crippen molar-refractivity contribution in [3.8, 4) is 0 Å². The first-order valence-electron chi connectivity index (χ1n) is 6.90. The third-order valence-corrected chi connectivity index (χ3v) is 3.00. The molecule has 0 saturated heterocycles. The first-order valence-corrected chi connectivity index (χ1v) is 6.90. The van der Waals surface area contributed by atoms with Gasteiger partial charge in [0.1, 0.15) is 0 Å². The molecule has 0 aliphatic rings. The van der Waals surface area contributed by atoms with Crippen molar-refractivity contribution in [1.29, 1.82) is 0 Å². The molecule has 0 heterocycles. The average molecular weight is 299 g/mol. The van der Waals surface area contributed by atoms with Crippen LogP contribution in [0.2, 0.25) is 0 Å². The van der Waals surface area contributed by atoms with E-state index in [-0.39, 0.29) is 17.9 Å². The van der Waals surface area contributed by atoms with Gasteiger partial charge < -0.3 is 15.2 Å². The molecule has 22 heavy (non-hydrogen) atoms. The SMILES string of the molecule is O=C(CCOCc1ccccc1)Nc1ccc(C(=O)O)cc1. The molecule has 2 aromatic rings. The normalized spacial score (nSPS) is 10.2. The van der Waals surface area contributed by atoms with Crippen molar-refractivity contribution in [1.82, 2.24) is 0 Å². The maximum absolute atomic E-state index is 11.7. The molecule has 1 amide bonds. The number of anilines is 1. The summed E-state index contributed by atoms with van der Waals surface area (Å²) >= 11 is 0. The molecule has 2 rings (SSSR count). The van der Waals surface area contributed by atoms with Crippen molar-refractivity contribution in [2.45, 2.75) is 13.0 Å². The van der Waals surface area contributed by atoms with Gasteiger partial charge >= 0.3 is 5.97 Å². The maximum Gasteiger partial charge on any atom is 0.335 e. The van der Waals surface area contributed by atoms with Gasteiger partial charge in [0.2, 0.25) is 5.91 Å². The summed E-state index contributed by atoms with van der Waals surface area (Å²) in [4.78, 5) is 22.5. The minimum Gasteiger partial charge on any atom is -0.478 e. The Balaban J connectivity index is 1.70. The van der Waals surface area contributed by atoms with Gasteiger partial charge in [-0.25, -0.2) is 4.79 Å². The molecule has 0 fully saturated rings. The number of ether oxygens (including phenoxy) is 1. The third-order valence-electron chi connectivity index (χ3n) is 3.00. The van der Waals surface area contributed by atoms with Crippen LogP contribution in [0.25, 0.3) is 0 Å². The molecule has 0 unspecified atom stereocenters. The Morgan fingerprint density at radius 2 is 1.68 bits per heavy atom. The number of carboxylic acid groups (broad SMARTS) is 1. The predicted octanol–water partition coefficient (Wildman–Crippen LogP) is 2.93. The van der Waals surface area contributed by atoms with E-state index in [1.165, 1.54) is 12.1 Å². The predicted molar refractivity (Wildman–Crippen MR) is 82.7 cm³/mol. The van der Waals surface area contributed by atoms with Gasteiger partial charge in [0.05, 0.1) is 25.2 Å². The van der Waals surface area contributed by atoms with Gasteiger partial charge in [-0.2, -0.15) is 0 Å². The van der Waals surface area contributed by atoms with Crippen LogP contribution in [0.3, 0.4) is 0 Å². The highest BCUT2D eigenvalue weighted by molar-refractivity contribution is 5.92. The maximum atomic E-state index is 11.7. The molecular weight excluding hydrogens is 282 g/mol. The summed E-state index contributed by atoms with van der Waals surface area (Å²) in [6.45, 7) is 0.801. The lowest BCUT2D eigenvalue weighted by Crippen LogP contribution is -2.14. The molecule has 0 aliphatic heterocycles. The molecule has 5 heteroatoms. The zero-order chi connectivity index (χ0) is 15.8. The summed E-state index contributed by atoms with van der Waals surface area (Å²) in [7, 11) is 0. The second kappa shape index (κ2) is 7.95. The topological polar surface area (TPSA) is 75.6 Å². The Kier molecular flexibility index (Phi) is 5.68. The number of hydrogen-bond acceptors (Lipinski definition) is 3. The lowest BCUT2D eigenvalue weighted by molar-refractivity contribution is -0.117. The lowest BCUT2D eigenvalue weighted by atomic mass is 10.2. The van der Waals surface area contributed by atoms with Gasteiger partial charge in [-0.05, 0) is 29.8 Å². The third kappa shape index (κ3) is 5.03. The van der Waals surface area contributed by atoms with E-state index in [1.807, 2.05) is 30.3 Å². The smallest absolute Gasteiger partial charge is 0.335 e. The van der Waals surface area contributed by atoms with E-state index in [1.54, 1.807) is 12.1 Å². The first-order chi connectivity index (χ1) is 10.6. The van der Waals surface area contributed by atoms with Crippen molar-refractivity contribution in [2.75, 3.05) is 11.9 Å². The highest BCUT2D eigenvalue weighted by atomic mass is 16.5. The van der Waals surface area contributed by atoms with Gasteiger partial charge in [-0.3, -0.25) is 4.79 Å². The summed E-state index contributed by atoms with van der Waals surface area (Å²) in [5.41, 5.74) is 1.81. The first kappa shape index (κ1) is 15.7. The molecule has 0 bridgehead atoms. The number of aromatic carboxylic acids is 1. The van der Waals surface area contributed by atoms with Crippen molar-refractivity contribution >= 4 is 17.6 Å². The van der Waals surface area contributed by atoms with Crippen LogP contribution >= 0.6 is 0 Å². The molecule has 0 radical (unpaired) electrons. The number of carboxylic acids is 1. The Morgan fingerprint density at radius 1 is 1.00 bits per heavy atom. The van der Waals surface area contributed by atoms with Crippen LogP contribution in [-0.4, -0.2) is 23.6 Å². The Bertz CT molecular complexity index is 623. The fraction of sp³-hybridized carbons (Fsp3) is 0.176. The fourth-order valence-corrected chi connectivity index (χ4v) is 1.85. The van der Waals surface area contributed by atoms with Crippen molar-refractivity contribution in [3.05, 3.63) is 65.7 Å². The van der Waals surface area contributed by atoms with Crippen LogP contribution in [0.4, 0.5) is 5.69 Å². The summed E-state index contributed by atoms with van der Waals surface area (Å²) in [6.07, 6.45) is 0.244. The minimum absolute atomic E-state index is 0.170. The molecule has 0 saturated carbocycles. The quantitative estimate of drug-likeness (QED) is 0.771. The van der Waals surface area contributed by atoms with Gasteiger partial charge in [0.15, 0.2) is 0 Å². The van der Waals surface area contributed by atoms with E-state index < -0.39 is 5.97 Å². The standard InChI is InChI=1S/C17H17NO4/c19-16(10-11-22-12-13-4-2-1-3-5-13)18-15-8-6-14(7-9-15)17(20)21/h1-9H,10-12H2,(H,18,19)(H,20,21). The van der Waals surface area contributed by atoms with Crippen molar-refractivity contribution in [2.24, 2.45) is 0 Å². The van der Waals surface area contributed by atoms with Crippen LogP contribution in [0.5, 0.6) is 0 Å². The number of amides is 1. The van der Waals surface area contributed by atoms with E-state index >= 15 is 0 Å². The summed E-state index contributed by atoms with van der Waals surface area (Å²) in [5.74, 6) is -1.16. The van der Waals surface area contributed by atoms with E-state index in [0.29, 0.717) is 18.9 Å². The number of nitrogens with one attached hydrogen (secondary N) is 1. The minimum atomic E-state index is -0.993. The Hall–Kier alpha value is -2.66. The lowest BCUT2D eigenvalue weighted by Gasteiger charge is -2.06. The molecule has 2 N–H and O–H groups in total. The van der Waals surface area contributed by atoms with Crippen LogP contribution in [-0.2, 0) is 16.1 Å². The highest BCUT2D eigenvalue weighted by Gasteiger charge is 2.05. The number of hydrogen-bond donors (Lipinski definition) is 2. The summed E-state index contributed by atoms with van der Waals surface area (Å²) < 4.78 is 5.44. The monoisotopic (exact) mass is 299 g/mol. The van der Waals surface area contributed by atoms with Crippen molar-refractivity contribution in [3.63, 3.8) is 0 Å². The Labute approximate surface area is 128 Å². The molecule has 0 spiro atoms. The highest BCUT2D eigenvalue weighted by Crippen LogP contribution is 2.10. The summed E-state index contributed by atoms with van der Waals surface area (Å²) in [6, 6.07) is 15.8. The van der Waals surface area contributed by atoms with E-state index in [2.05, 4.69) is 5.32 Å². The zero-order valence-corrected chi connectivity index (χ0v) is 12.0. The Morgan fingerprint density at radius 3 is 2.32 bits per heavy atom. The molecule has 2 aromatic carbocycles. The molecule has 5 nitrogen and oxygen atoms in total. The van der Waals surface area contributed by atoms with Crippen LogP contribution in [0.1, 0.15) is 22.3 Å². The molecule has 0 aliphatic carbocycles. The summed E-state index contributed by atoms with van der Waals surface area (Å²) in [5, 5.41) is 11.5. The largest absolute Gasteiger partial charge is 0.478 e. The van der Waals surface area contributed by atoms with E-state index in [9.17, 15) is 9.59 Å². The number of carbonyl (C=O) groups excluding carboxylic acids is 1. The van der Waals surface area contributed by atoms with Crippen LogP contribution in [0, 0.1) is 0 Å². The molecule has 0 atom stereocenters. The number of benzene rings is 2. The zero-order valence-electron chi connectivity index (χ0n) is 12.0. The van der Waals surface area contributed by atoms with Crippen LogP contribution in [0.15, 0.2) is 54.6 Å². The van der Waals surface area contributed by atoms with Gasteiger partial charge in [-0.1, -0.05) is 30.3 Å². The number of rotatable bonds is 7. The second-order valence-corrected chi connectivity index (χ2v) is 4.72. The van der Waals surface area contributed by atoms with Crippen molar-refractivity contribution < 1.29 is 19.4 Å². The van der Waals surface area contributed by atoms with Gasteiger partial charge in [-0.15, -0.1) is 0 Å². The molecular formula is C17H17NO4. The van der Waals surface area contributed by atoms with E-state index in [4.69, 9.17) is 9.84 Å². The van der Waals surface area contributed by atoms with Gasteiger partial charge in [0.25, 0.3) is 0 Å². The fourth-order valence-electron chi connectivity index (χ4n) is 1.85. The number of carbonyl (C=O) groups is 2.